The van der Waals surface area contributed by atoms with Crippen molar-refractivity contribution in [3.63, 3.8) is 0 Å². The van der Waals surface area contributed by atoms with Gasteiger partial charge in [-0.3, -0.25) is 0 Å². The Bertz CT molecular complexity index is 3500. The third-order valence-electron chi connectivity index (χ3n) is 16.7. The molecule has 5 aromatic heterocycles. The minimum absolute atomic E-state index is 0.319. The van der Waals surface area contributed by atoms with Gasteiger partial charge in [-0.1, -0.05) is 219 Å². The average Bonchev–Trinajstić information content (AvgIpc) is 2.05. The normalized spacial score (nSPS) is 12.5. The number of aromatic nitrogens is 2. The molecule has 0 aliphatic rings. The third-order valence-corrected chi connectivity index (χ3v) is 22.0. The number of thiophene rings is 4. The van der Waals surface area contributed by atoms with E-state index in [4.69, 9.17) is 27.7 Å². The summed E-state index contributed by atoms with van der Waals surface area (Å²) in [7, 11) is 0. The Morgan fingerprint density at radius 2 is 0.828 bits per heavy atom. The molecule has 0 saturated carbocycles. The number of nitrogens with zero attached hydrogens (tertiary/aromatic N) is 2. The van der Waals surface area contributed by atoms with E-state index in [0.29, 0.717) is 72.4 Å². The van der Waals surface area contributed by atoms with Crippen LogP contribution in [-0.2, 0) is 9.47 Å². The Morgan fingerprint density at radius 3 is 1.31 bits per heavy atom. The number of ether oxygens (including phenoxy) is 4. The second-order valence-corrected chi connectivity index (χ2v) is 29.6. The van der Waals surface area contributed by atoms with E-state index >= 15 is 9.59 Å². The molecule has 0 aliphatic carbocycles. The van der Waals surface area contributed by atoms with Crippen LogP contribution in [0.1, 0.15) is 205 Å². The molecule has 0 saturated heterocycles. The van der Waals surface area contributed by atoms with Crippen molar-refractivity contribution in [1.29, 1.82) is 0 Å². The van der Waals surface area contributed by atoms with Crippen molar-refractivity contribution < 1.29 is 28.5 Å². The van der Waals surface area contributed by atoms with Crippen molar-refractivity contribution in [3.8, 4) is 63.0 Å². The molecule has 0 fully saturated rings. The first kappa shape index (κ1) is 66.0. The first-order valence-corrected chi connectivity index (χ1v) is 36.7. The SMILES string of the molecule is CCCCCCCCOc1c(OCCCCCCCC)c(-c2ccc(-c3cc4c(C(=O)OCCC(C)CCCC(C)C)c5sc(-c6ccccc6)cc5c(C(=O)OCCC(C)CCCC(C)C)c4s3)s2)c2nsnc2c1-c1ccc(-c2ccccc2)s1. The summed E-state index contributed by atoms with van der Waals surface area (Å²) in [5.41, 5.74) is 6.58. The minimum atomic E-state index is -0.368. The van der Waals surface area contributed by atoms with Gasteiger partial charge in [0.15, 0.2) is 11.5 Å². The molecule has 8 nitrogen and oxygen atoms in total. The zero-order chi connectivity index (χ0) is 61.1. The highest BCUT2D eigenvalue weighted by Crippen LogP contribution is 2.55. The fourth-order valence-electron chi connectivity index (χ4n) is 11.6. The van der Waals surface area contributed by atoms with Gasteiger partial charge in [-0.15, -0.1) is 45.3 Å². The highest BCUT2D eigenvalue weighted by Gasteiger charge is 2.32. The number of hydrogen-bond donors (Lipinski definition) is 0. The summed E-state index contributed by atoms with van der Waals surface area (Å²) in [5.74, 6) is 2.85. The summed E-state index contributed by atoms with van der Waals surface area (Å²) in [6, 6.07) is 33.7. The van der Waals surface area contributed by atoms with E-state index in [1.165, 1.54) is 86.4 Å². The highest BCUT2D eigenvalue weighted by molar-refractivity contribution is 7.28. The van der Waals surface area contributed by atoms with E-state index < -0.39 is 0 Å². The third kappa shape index (κ3) is 17.5. The van der Waals surface area contributed by atoms with Gasteiger partial charge in [0.2, 0.25) is 0 Å². The van der Waals surface area contributed by atoms with E-state index in [9.17, 15) is 0 Å². The lowest BCUT2D eigenvalue weighted by Gasteiger charge is -2.20. The first-order chi connectivity index (χ1) is 42.4. The van der Waals surface area contributed by atoms with Crippen LogP contribution in [0.15, 0.2) is 97.1 Å². The monoisotopic (exact) mass is 1260 g/mol. The number of esters is 2. The van der Waals surface area contributed by atoms with Crippen LogP contribution >= 0.6 is 57.1 Å². The minimum Gasteiger partial charge on any atom is -0.489 e. The second-order valence-electron chi connectivity index (χ2n) is 24.8. The van der Waals surface area contributed by atoms with Gasteiger partial charge in [-0.25, -0.2) is 9.59 Å². The first-order valence-electron chi connectivity index (χ1n) is 32.7. The Balaban J connectivity index is 1.16. The average molecular weight is 1270 g/mol. The number of fused-ring (bicyclic) bond motifs is 3. The Morgan fingerprint density at radius 1 is 0.414 bits per heavy atom. The van der Waals surface area contributed by atoms with Crippen LogP contribution in [-0.4, -0.2) is 47.1 Å². The highest BCUT2D eigenvalue weighted by atomic mass is 32.1. The predicted molar refractivity (Wildman–Crippen MR) is 374 cm³/mol. The number of unbranched alkanes of at least 4 members (excludes halogenated alkanes) is 10. The fourth-order valence-corrected chi connectivity index (χ4v) is 16.7. The topological polar surface area (TPSA) is 96.8 Å². The molecular formula is C74H92N2O6S5. The number of carbonyl (C=O) groups excluding carboxylic acids is 2. The Kier molecular flexibility index (Phi) is 25.3. The van der Waals surface area contributed by atoms with E-state index in [1.807, 2.05) is 18.2 Å². The number of rotatable bonds is 37. The van der Waals surface area contributed by atoms with Crippen LogP contribution in [0.4, 0.5) is 0 Å². The van der Waals surface area contributed by atoms with Gasteiger partial charge in [0.25, 0.3) is 0 Å². The maximum atomic E-state index is 15.0. The summed E-state index contributed by atoms with van der Waals surface area (Å²) < 4.78 is 38.7. The smallest absolute Gasteiger partial charge is 0.340 e. The van der Waals surface area contributed by atoms with Crippen molar-refractivity contribution in [2.24, 2.45) is 23.7 Å². The second kappa shape index (κ2) is 33.4. The molecule has 4 aromatic carbocycles. The van der Waals surface area contributed by atoms with E-state index in [1.54, 1.807) is 45.3 Å². The summed E-state index contributed by atoms with van der Waals surface area (Å²) in [5, 5.41) is 1.42. The molecule has 9 rings (SSSR count). The molecule has 13 heteroatoms. The van der Waals surface area contributed by atoms with Crippen LogP contribution in [0.25, 0.3) is 82.7 Å². The fraction of sp³-hybridized carbons (Fsp3) is 0.486. The van der Waals surface area contributed by atoms with Crippen molar-refractivity contribution in [1.82, 2.24) is 8.75 Å². The summed E-state index contributed by atoms with van der Waals surface area (Å²) >= 11 is 7.71. The van der Waals surface area contributed by atoms with Gasteiger partial charge in [-0.05, 0) is 96.9 Å². The Hall–Kier alpha value is -5.44. The molecule has 0 spiro atoms. The molecule has 464 valence electrons. The van der Waals surface area contributed by atoms with Gasteiger partial charge in [-0.2, -0.15) is 8.75 Å². The van der Waals surface area contributed by atoms with Gasteiger partial charge in [0, 0.05) is 40.0 Å². The maximum Gasteiger partial charge on any atom is 0.340 e. The molecule has 9 aromatic rings. The summed E-state index contributed by atoms with van der Waals surface area (Å²) in [4.78, 5) is 36.2. The van der Waals surface area contributed by atoms with Crippen molar-refractivity contribution in [3.05, 3.63) is 108 Å². The van der Waals surface area contributed by atoms with Crippen LogP contribution in [0, 0.1) is 23.7 Å². The van der Waals surface area contributed by atoms with Crippen molar-refractivity contribution in [2.75, 3.05) is 26.4 Å². The van der Waals surface area contributed by atoms with Gasteiger partial charge >= 0.3 is 11.9 Å². The number of carbonyl (C=O) groups is 2. The molecule has 2 unspecified atom stereocenters. The molecule has 0 radical (unpaired) electrons. The maximum absolute atomic E-state index is 15.0. The van der Waals surface area contributed by atoms with Crippen LogP contribution in [0.3, 0.4) is 0 Å². The molecular weight excluding hydrogens is 1170 g/mol. The lowest BCUT2D eigenvalue weighted by Crippen LogP contribution is -2.12. The molecule has 0 N–H and O–H groups in total. The zero-order valence-electron chi connectivity index (χ0n) is 52.9. The molecule has 87 heavy (non-hydrogen) atoms. The van der Waals surface area contributed by atoms with E-state index in [0.717, 1.165) is 137 Å². The molecule has 0 aliphatic heterocycles. The van der Waals surface area contributed by atoms with Gasteiger partial charge in [0.1, 0.15) is 11.0 Å². The van der Waals surface area contributed by atoms with E-state index in [-0.39, 0.29) is 11.9 Å². The molecule has 0 bridgehead atoms. The lowest BCUT2D eigenvalue weighted by molar-refractivity contribution is 0.0475. The number of benzene rings is 4. The van der Waals surface area contributed by atoms with E-state index in [2.05, 4.69) is 134 Å². The molecule has 0 amide bonds. The van der Waals surface area contributed by atoms with Crippen LogP contribution in [0.5, 0.6) is 11.5 Å². The lowest BCUT2D eigenvalue weighted by atomic mass is 9.97. The predicted octanol–water partition coefficient (Wildman–Crippen LogP) is 24.1. The van der Waals surface area contributed by atoms with Crippen molar-refractivity contribution >= 4 is 100 Å². The molecule has 5 heterocycles. The van der Waals surface area contributed by atoms with Crippen LogP contribution < -0.4 is 9.47 Å². The largest absolute Gasteiger partial charge is 0.489 e. The Labute approximate surface area is 538 Å². The number of hydrogen-bond acceptors (Lipinski definition) is 13. The zero-order valence-corrected chi connectivity index (χ0v) is 57.0. The van der Waals surface area contributed by atoms with Crippen LogP contribution in [0.2, 0.25) is 0 Å². The molecule has 2 atom stereocenters. The van der Waals surface area contributed by atoms with Crippen molar-refractivity contribution in [2.45, 2.75) is 184 Å². The van der Waals surface area contributed by atoms with Gasteiger partial charge in [0.05, 0.1) is 69.8 Å². The standard InChI is InChI=1S/C74H92N2O6S5/c1-9-11-13-15-17-25-43-79-69-65(59-39-37-57(83-59)53-33-21-19-22-34-53)67-68(76-87-75-67)66(70(69)80-44-26-18-16-14-12-10-2)60-40-38-58(84-60)62-48-56-64(74(78)82-46-42-52(8)32-28-30-50(5)6)71-55(47-61(85-71)54-35-23-20-24-36-54)63(72(56)86-62)73(77)81-45-41-51(7)31-27-29-49(3)4/h19-24,33-40,47-52H,9-18,25-32,41-46H2,1-8H3. The van der Waals surface area contributed by atoms with Gasteiger partial charge < -0.3 is 18.9 Å². The summed E-state index contributed by atoms with van der Waals surface area (Å²) in [6.07, 6.45) is 22.2. The quantitative estimate of drug-likeness (QED) is 0.0281. The summed E-state index contributed by atoms with van der Waals surface area (Å²) in [6.45, 7) is 19.8.